The van der Waals surface area contributed by atoms with Crippen molar-refractivity contribution in [2.24, 2.45) is 0 Å². The van der Waals surface area contributed by atoms with E-state index in [-0.39, 0.29) is 12.2 Å². The van der Waals surface area contributed by atoms with Crippen molar-refractivity contribution in [3.63, 3.8) is 0 Å². The lowest BCUT2D eigenvalue weighted by Crippen LogP contribution is -2.18. The smallest absolute Gasteiger partial charge is 0.330 e. The van der Waals surface area contributed by atoms with Crippen molar-refractivity contribution in [1.82, 2.24) is 0 Å². The Morgan fingerprint density at radius 2 is 1.18 bits per heavy atom. The number of aliphatic hydroxyl groups is 2. The Hall–Kier alpha value is -1.66. The van der Waals surface area contributed by atoms with Gasteiger partial charge in [0.05, 0.1) is 24.4 Å². The van der Waals surface area contributed by atoms with Crippen molar-refractivity contribution in [1.29, 1.82) is 0 Å². The molecule has 0 aromatic rings. The minimum absolute atomic E-state index is 0.361. The second-order valence-corrected chi connectivity index (χ2v) is 5.50. The van der Waals surface area contributed by atoms with Crippen LogP contribution in [0.1, 0.15) is 39.5 Å². The fourth-order valence-electron chi connectivity index (χ4n) is 1.98. The van der Waals surface area contributed by atoms with Crippen molar-refractivity contribution < 1.29 is 29.3 Å². The molecule has 0 saturated carbocycles. The molecular weight excluding hydrogens is 288 g/mol. The number of hydrogen-bond acceptors (Lipinski definition) is 6. The predicted molar refractivity (Wildman–Crippen MR) is 79.9 cm³/mol. The van der Waals surface area contributed by atoms with Crippen molar-refractivity contribution in [2.75, 3.05) is 0 Å². The molecule has 0 aromatic heterocycles. The number of cyclic esters (lactones) is 2. The van der Waals surface area contributed by atoms with Crippen LogP contribution in [0.3, 0.4) is 0 Å². The van der Waals surface area contributed by atoms with Crippen molar-refractivity contribution in [2.45, 2.75) is 63.9 Å². The fraction of sp³-hybridized carbons (Fsp3) is 0.625. The molecule has 0 fully saturated rings. The summed E-state index contributed by atoms with van der Waals surface area (Å²) in [6, 6.07) is 0. The van der Waals surface area contributed by atoms with Gasteiger partial charge in [-0.25, -0.2) is 9.59 Å². The van der Waals surface area contributed by atoms with Gasteiger partial charge >= 0.3 is 11.9 Å². The van der Waals surface area contributed by atoms with E-state index in [0.29, 0.717) is 25.7 Å². The van der Waals surface area contributed by atoms with E-state index in [1.165, 1.54) is 24.3 Å². The van der Waals surface area contributed by atoms with Gasteiger partial charge in [-0.05, 0) is 51.7 Å². The van der Waals surface area contributed by atoms with E-state index in [4.69, 9.17) is 9.47 Å². The van der Waals surface area contributed by atoms with Gasteiger partial charge in [0.25, 0.3) is 0 Å². The molecule has 0 aromatic carbocycles. The molecule has 1 heterocycles. The van der Waals surface area contributed by atoms with E-state index >= 15 is 0 Å². The molecule has 6 heteroatoms. The third-order valence-corrected chi connectivity index (χ3v) is 3.28. The summed E-state index contributed by atoms with van der Waals surface area (Å²) >= 11 is 0. The summed E-state index contributed by atoms with van der Waals surface area (Å²) in [5.74, 6) is -1.05. The molecule has 1 rings (SSSR count). The SMILES string of the molecule is C[C@@H]1CC[C@@H](O)C=CC(=O)O[C@H](C)CC[C@@H](O)C=CC(=O)O1. The number of ether oxygens (including phenoxy) is 2. The third-order valence-electron chi connectivity index (χ3n) is 3.28. The summed E-state index contributed by atoms with van der Waals surface area (Å²) < 4.78 is 10.3. The highest BCUT2D eigenvalue weighted by Gasteiger charge is 2.13. The first-order valence-corrected chi connectivity index (χ1v) is 7.50. The zero-order valence-electron chi connectivity index (χ0n) is 13.0. The summed E-state index contributed by atoms with van der Waals surface area (Å²) in [6.45, 7) is 3.44. The Morgan fingerprint density at radius 3 is 1.55 bits per heavy atom. The Labute approximate surface area is 130 Å². The maximum atomic E-state index is 11.6. The van der Waals surface area contributed by atoms with E-state index < -0.39 is 24.1 Å². The van der Waals surface area contributed by atoms with Crippen LogP contribution in [0, 0.1) is 0 Å². The second kappa shape index (κ2) is 9.38. The van der Waals surface area contributed by atoms with Crippen LogP contribution in [-0.2, 0) is 19.1 Å². The minimum Gasteiger partial charge on any atom is -0.460 e. The number of esters is 2. The molecule has 4 atom stereocenters. The minimum atomic E-state index is -0.797. The zero-order valence-corrected chi connectivity index (χ0v) is 13.0. The van der Waals surface area contributed by atoms with Crippen LogP contribution in [0.4, 0.5) is 0 Å². The van der Waals surface area contributed by atoms with Crippen LogP contribution >= 0.6 is 0 Å². The highest BCUT2D eigenvalue weighted by Crippen LogP contribution is 2.10. The van der Waals surface area contributed by atoms with Crippen molar-refractivity contribution in [3.8, 4) is 0 Å². The number of carbonyl (C=O) groups excluding carboxylic acids is 2. The number of hydrogen-bond donors (Lipinski definition) is 2. The van der Waals surface area contributed by atoms with E-state index in [0.717, 1.165) is 0 Å². The molecule has 0 aliphatic carbocycles. The third kappa shape index (κ3) is 7.95. The standard InChI is InChI=1S/C16H24O6/c1-11-3-5-13(17)8-10-16(20)22-12(2)4-6-14(18)7-9-15(19)21-11/h7-14,17-18H,3-6H2,1-2H3/t11-,12-,13-,14-/m1/s1. The van der Waals surface area contributed by atoms with Gasteiger partial charge in [-0.15, -0.1) is 0 Å². The van der Waals surface area contributed by atoms with Crippen LogP contribution < -0.4 is 0 Å². The molecule has 0 radical (unpaired) electrons. The normalized spacial score (nSPS) is 32.4. The lowest BCUT2D eigenvalue weighted by atomic mass is 10.1. The first-order valence-electron chi connectivity index (χ1n) is 7.50. The number of aliphatic hydroxyl groups excluding tert-OH is 2. The van der Waals surface area contributed by atoms with Crippen LogP contribution in [0.5, 0.6) is 0 Å². The van der Waals surface area contributed by atoms with Gasteiger partial charge in [-0.1, -0.05) is 0 Å². The van der Waals surface area contributed by atoms with E-state index in [1.54, 1.807) is 13.8 Å². The predicted octanol–water partition coefficient (Wildman–Crippen LogP) is 1.26. The zero-order chi connectivity index (χ0) is 16.5. The summed E-state index contributed by atoms with van der Waals surface area (Å²) in [7, 11) is 0. The van der Waals surface area contributed by atoms with Gasteiger partial charge in [0.15, 0.2) is 0 Å². The van der Waals surface area contributed by atoms with Crippen molar-refractivity contribution in [3.05, 3.63) is 24.3 Å². The molecule has 1 aliphatic rings. The van der Waals surface area contributed by atoms with Crippen LogP contribution in [0.25, 0.3) is 0 Å². The van der Waals surface area contributed by atoms with Gasteiger partial charge < -0.3 is 19.7 Å². The Bertz CT molecular complexity index is 388. The summed E-state index contributed by atoms with van der Waals surface area (Å²) in [5.41, 5.74) is 0. The van der Waals surface area contributed by atoms with Crippen molar-refractivity contribution >= 4 is 11.9 Å². The van der Waals surface area contributed by atoms with E-state index in [9.17, 15) is 19.8 Å². The quantitative estimate of drug-likeness (QED) is 0.654. The maximum absolute atomic E-state index is 11.6. The molecule has 0 bridgehead atoms. The number of rotatable bonds is 0. The Kier molecular flexibility index (Phi) is 7.84. The molecule has 0 amide bonds. The molecule has 22 heavy (non-hydrogen) atoms. The Morgan fingerprint density at radius 1 is 0.818 bits per heavy atom. The average molecular weight is 312 g/mol. The molecule has 0 unspecified atom stereocenters. The van der Waals surface area contributed by atoms with Gasteiger partial charge in [-0.2, -0.15) is 0 Å². The molecule has 2 N–H and O–H groups in total. The topological polar surface area (TPSA) is 93.1 Å². The molecule has 124 valence electrons. The maximum Gasteiger partial charge on any atom is 0.330 e. The highest BCUT2D eigenvalue weighted by molar-refractivity contribution is 5.82. The molecule has 1 aliphatic heterocycles. The van der Waals surface area contributed by atoms with Crippen LogP contribution in [0.2, 0.25) is 0 Å². The van der Waals surface area contributed by atoms with Gasteiger partial charge in [-0.3, -0.25) is 0 Å². The molecule has 0 saturated heterocycles. The molecule has 6 nitrogen and oxygen atoms in total. The first kappa shape index (κ1) is 18.4. The number of carbonyl (C=O) groups is 2. The van der Waals surface area contributed by atoms with Gasteiger partial charge in [0, 0.05) is 12.2 Å². The lowest BCUT2D eigenvalue weighted by Gasteiger charge is -2.15. The van der Waals surface area contributed by atoms with E-state index in [2.05, 4.69) is 0 Å². The lowest BCUT2D eigenvalue weighted by molar-refractivity contribution is -0.143. The summed E-state index contributed by atoms with van der Waals surface area (Å²) in [4.78, 5) is 23.1. The molecule has 0 spiro atoms. The van der Waals surface area contributed by atoms with Crippen LogP contribution in [-0.4, -0.2) is 46.6 Å². The second-order valence-electron chi connectivity index (χ2n) is 5.50. The Balaban J connectivity index is 2.70. The first-order chi connectivity index (χ1) is 10.4. The molecular formula is C16H24O6. The van der Waals surface area contributed by atoms with Gasteiger partial charge in [0.2, 0.25) is 0 Å². The summed E-state index contributed by atoms with van der Waals surface area (Å²) in [6.07, 6.45) is 4.44. The van der Waals surface area contributed by atoms with E-state index in [1.807, 2.05) is 0 Å². The monoisotopic (exact) mass is 312 g/mol. The van der Waals surface area contributed by atoms with Crippen LogP contribution in [0.15, 0.2) is 24.3 Å². The summed E-state index contributed by atoms with van der Waals surface area (Å²) in [5, 5.41) is 19.5. The average Bonchev–Trinajstić information content (AvgIpc) is 2.46. The largest absolute Gasteiger partial charge is 0.460 e. The van der Waals surface area contributed by atoms with Gasteiger partial charge in [0.1, 0.15) is 0 Å². The highest BCUT2D eigenvalue weighted by atomic mass is 16.5. The fourth-order valence-corrected chi connectivity index (χ4v) is 1.98.